The lowest BCUT2D eigenvalue weighted by Gasteiger charge is -2.28. The molecule has 118 valence electrons. The standard InChI is InChI=1S/C16H31NO3/c1-4-17-16(3,15(18)20-5-2)11-7-12-19-13-10-14-8-6-9-14/h14,17H,4-13H2,1-3H3. The van der Waals surface area contributed by atoms with Crippen LogP contribution in [0.5, 0.6) is 0 Å². The third kappa shape index (κ3) is 5.80. The molecule has 20 heavy (non-hydrogen) atoms. The molecule has 0 radical (unpaired) electrons. The van der Waals surface area contributed by atoms with Gasteiger partial charge in [-0.1, -0.05) is 26.2 Å². The number of rotatable bonds is 11. The highest BCUT2D eigenvalue weighted by molar-refractivity contribution is 5.80. The Morgan fingerprint density at radius 3 is 2.60 bits per heavy atom. The van der Waals surface area contributed by atoms with Crippen LogP contribution in [0.1, 0.15) is 59.3 Å². The van der Waals surface area contributed by atoms with Gasteiger partial charge in [-0.15, -0.1) is 0 Å². The molecule has 1 rings (SSSR count). The predicted octanol–water partition coefficient (Wildman–Crippen LogP) is 2.90. The van der Waals surface area contributed by atoms with Crippen molar-refractivity contribution in [3.05, 3.63) is 0 Å². The van der Waals surface area contributed by atoms with Gasteiger partial charge in [0.25, 0.3) is 0 Å². The van der Waals surface area contributed by atoms with Gasteiger partial charge in [-0.25, -0.2) is 0 Å². The van der Waals surface area contributed by atoms with E-state index >= 15 is 0 Å². The summed E-state index contributed by atoms with van der Waals surface area (Å²) in [7, 11) is 0. The van der Waals surface area contributed by atoms with Crippen LogP contribution in [0.3, 0.4) is 0 Å². The van der Waals surface area contributed by atoms with Crippen molar-refractivity contribution < 1.29 is 14.3 Å². The maximum Gasteiger partial charge on any atom is 0.326 e. The second-order valence-corrected chi connectivity index (χ2v) is 5.88. The number of nitrogens with one attached hydrogen (secondary N) is 1. The van der Waals surface area contributed by atoms with Crippen LogP contribution in [-0.2, 0) is 14.3 Å². The van der Waals surface area contributed by atoms with E-state index in [0.717, 1.165) is 38.5 Å². The smallest absolute Gasteiger partial charge is 0.326 e. The van der Waals surface area contributed by atoms with E-state index in [1.165, 1.54) is 25.7 Å². The van der Waals surface area contributed by atoms with Gasteiger partial charge >= 0.3 is 5.97 Å². The Kier molecular flexibility index (Phi) is 8.15. The lowest BCUT2D eigenvalue weighted by molar-refractivity contribution is -0.151. The average molecular weight is 285 g/mol. The van der Waals surface area contributed by atoms with Gasteiger partial charge in [0.2, 0.25) is 0 Å². The van der Waals surface area contributed by atoms with Crippen LogP contribution < -0.4 is 5.32 Å². The van der Waals surface area contributed by atoms with Crippen LogP contribution in [0, 0.1) is 5.92 Å². The third-order valence-electron chi connectivity index (χ3n) is 4.15. The van der Waals surface area contributed by atoms with Crippen molar-refractivity contribution >= 4 is 5.97 Å². The molecule has 1 unspecified atom stereocenters. The van der Waals surface area contributed by atoms with E-state index < -0.39 is 5.54 Å². The molecule has 1 fully saturated rings. The summed E-state index contributed by atoms with van der Waals surface area (Å²) in [5.74, 6) is 0.748. The molecule has 1 aliphatic carbocycles. The lowest BCUT2D eigenvalue weighted by atomic mass is 9.83. The van der Waals surface area contributed by atoms with E-state index in [1.807, 2.05) is 20.8 Å². The molecule has 1 aliphatic rings. The van der Waals surface area contributed by atoms with Crippen LogP contribution in [0.2, 0.25) is 0 Å². The minimum atomic E-state index is -0.581. The SMILES string of the molecule is CCNC(C)(CCCOCCC1CCC1)C(=O)OCC. The molecule has 0 aliphatic heterocycles. The molecule has 1 N–H and O–H groups in total. The van der Waals surface area contributed by atoms with Crippen molar-refractivity contribution in [1.29, 1.82) is 0 Å². The lowest BCUT2D eigenvalue weighted by Crippen LogP contribution is -2.50. The summed E-state index contributed by atoms with van der Waals surface area (Å²) in [5, 5.41) is 3.24. The first-order chi connectivity index (χ1) is 9.62. The van der Waals surface area contributed by atoms with Gasteiger partial charge in [-0.3, -0.25) is 4.79 Å². The monoisotopic (exact) mass is 285 g/mol. The highest BCUT2D eigenvalue weighted by Crippen LogP contribution is 2.29. The Hall–Kier alpha value is -0.610. The zero-order valence-electron chi connectivity index (χ0n) is 13.4. The third-order valence-corrected chi connectivity index (χ3v) is 4.15. The van der Waals surface area contributed by atoms with Gasteiger partial charge in [0.1, 0.15) is 5.54 Å². The number of carbonyl (C=O) groups is 1. The van der Waals surface area contributed by atoms with Crippen molar-refractivity contribution in [1.82, 2.24) is 5.32 Å². The largest absolute Gasteiger partial charge is 0.465 e. The molecular weight excluding hydrogens is 254 g/mol. The van der Waals surface area contributed by atoms with Gasteiger partial charge in [0.15, 0.2) is 0 Å². The minimum Gasteiger partial charge on any atom is -0.465 e. The Bertz CT molecular complexity index is 279. The first-order valence-corrected chi connectivity index (χ1v) is 8.12. The first kappa shape index (κ1) is 17.4. The number of hydrogen-bond donors (Lipinski definition) is 1. The highest BCUT2D eigenvalue weighted by atomic mass is 16.5. The second-order valence-electron chi connectivity index (χ2n) is 5.88. The first-order valence-electron chi connectivity index (χ1n) is 8.12. The van der Waals surface area contributed by atoms with Crippen LogP contribution in [-0.4, -0.2) is 37.9 Å². The zero-order valence-corrected chi connectivity index (χ0v) is 13.4. The maximum atomic E-state index is 12.0. The maximum absolute atomic E-state index is 12.0. The van der Waals surface area contributed by atoms with E-state index in [4.69, 9.17) is 9.47 Å². The fourth-order valence-corrected chi connectivity index (χ4v) is 2.60. The number of likely N-dealkylation sites (N-methyl/N-ethyl adjacent to an activating group) is 1. The Balaban J connectivity index is 2.15. The highest BCUT2D eigenvalue weighted by Gasteiger charge is 2.33. The van der Waals surface area contributed by atoms with Gasteiger partial charge < -0.3 is 14.8 Å². The molecule has 1 saturated carbocycles. The summed E-state index contributed by atoms with van der Waals surface area (Å²) < 4.78 is 10.8. The normalized spacial score (nSPS) is 18.4. The summed E-state index contributed by atoms with van der Waals surface area (Å²) in [6.07, 6.45) is 6.99. The Morgan fingerprint density at radius 2 is 2.05 bits per heavy atom. The van der Waals surface area contributed by atoms with Crippen LogP contribution >= 0.6 is 0 Å². The van der Waals surface area contributed by atoms with E-state index in [2.05, 4.69) is 5.32 Å². The summed E-state index contributed by atoms with van der Waals surface area (Å²) >= 11 is 0. The summed E-state index contributed by atoms with van der Waals surface area (Å²) in [6, 6.07) is 0. The van der Waals surface area contributed by atoms with Crippen molar-refractivity contribution in [3.63, 3.8) is 0 Å². The number of carbonyl (C=O) groups excluding carboxylic acids is 1. The van der Waals surface area contributed by atoms with E-state index in [9.17, 15) is 4.79 Å². The Labute approximate surface area is 123 Å². The number of esters is 1. The van der Waals surface area contributed by atoms with E-state index in [-0.39, 0.29) is 5.97 Å². The van der Waals surface area contributed by atoms with Gasteiger partial charge in [0, 0.05) is 13.2 Å². The Morgan fingerprint density at radius 1 is 1.30 bits per heavy atom. The van der Waals surface area contributed by atoms with E-state index in [1.54, 1.807) is 0 Å². The molecule has 4 heteroatoms. The fourth-order valence-electron chi connectivity index (χ4n) is 2.60. The van der Waals surface area contributed by atoms with Gasteiger partial charge in [-0.05, 0) is 45.6 Å². The molecule has 0 spiro atoms. The molecule has 4 nitrogen and oxygen atoms in total. The van der Waals surface area contributed by atoms with Crippen LogP contribution in [0.4, 0.5) is 0 Å². The number of hydrogen-bond acceptors (Lipinski definition) is 4. The van der Waals surface area contributed by atoms with Gasteiger partial charge in [-0.2, -0.15) is 0 Å². The molecule has 0 bridgehead atoms. The molecule has 0 aromatic heterocycles. The molecule has 0 aromatic rings. The summed E-state index contributed by atoms with van der Waals surface area (Å²) in [6.45, 7) is 8.55. The quantitative estimate of drug-likeness (QED) is 0.468. The zero-order chi connectivity index (χ0) is 14.8. The predicted molar refractivity (Wildman–Crippen MR) is 80.7 cm³/mol. The molecule has 0 heterocycles. The minimum absolute atomic E-state index is 0.156. The summed E-state index contributed by atoms with van der Waals surface area (Å²) in [5.41, 5.74) is -0.581. The van der Waals surface area contributed by atoms with Crippen LogP contribution in [0.25, 0.3) is 0 Å². The molecule has 0 amide bonds. The van der Waals surface area contributed by atoms with Crippen LogP contribution in [0.15, 0.2) is 0 Å². The molecule has 0 aromatic carbocycles. The van der Waals surface area contributed by atoms with E-state index in [0.29, 0.717) is 6.61 Å². The second kappa shape index (κ2) is 9.35. The fraction of sp³-hybridized carbons (Fsp3) is 0.938. The number of ether oxygens (including phenoxy) is 2. The van der Waals surface area contributed by atoms with Crippen molar-refractivity contribution in [3.8, 4) is 0 Å². The van der Waals surface area contributed by atoms with Crippen molar-refractivity contribution in [2.24, 2.45) is 5.92 Å². The summed E-state index contributed by atoms with van der Waals surface area (Å²) in [4.78, 5) is 12.0. The van der Waals surface area contributed by atoms with Gasteiger partial charge in [0.05, 0.1) is 6.61 Å². The molecule has 0 saturated heterocycles. The van der Waals surface area contributed by atoms with Crippen molar-refractivity contribution in [2.45, 2.75) is 64.8 Å². The molecule has 1 atom stereocenters. The average Bonchev–Trinajstić information content (AvgIpc) is 2.36. The molecular formula is C16H31NO3. The van der Waals surface area contributed by atoms with Crippen molar-refractivity contribution in [2.75, 3.05) is 26.4 Å². The topological polar surface area (TPSA) is 47.6 Å².